The average Bonchev–Trinajstić information content (AvgIpc) is 2.44. The van der Waals surface area contributed by atoms with E-state index in [1.54, 1.807) is 7.11 Å². The first-order valence-electron chi connectivity index (χ1n) is 7.06. The summed E-state index contributed by atoms with van der Waals surface area (Å²) < 4.78 is 10.2. The second-order valence-electron chi connectivity index (χ2n) is 5.16. The van der Waals surface area contributed by atoms with Crippen LogP contribution in [-0.4, -0.2) is 24.9 Å². The van der Waals surface area contributed by atoms with Gasteiger partial charge in [0, 0.05) is 37.2 Å². The van der Waals surface area contributed by atoms with Gasteiger partial charge in [0.1, 0.15) is 11.3 Å². The molecule has 0 fully saturated rings. The van der Waals surface area contributed by atoms with E-state index in [-0.39, 0.29) is 11.8 Å². The van der Waals surface area contributed by atoms with E-state index in [4.69, 9.17) is 9.15 Å². The summed E-state index contributed by atoms with van der Waals surface area (Å²) in [5.74, 6) is 0.158. The minimum atomic E-state index is -0.414. The highest BCUT2D eigenvalue weighted by atomic mass is 16.5. The second kappa shape index (κ2) is 6.74. The molecule has 21 heavy (non-hydrogen) atoms. The molecule has 0 spiro atoms. The molecule has 5 nitrogen and oxygen atoms in total. The molecular weight excluding hydrogens is 270 g/mol. The molecule has 0 aliphatic rings. The molecule has 1 aromatic heterocycles. The third-order valence-electron chi connectivity index (χ3n) is 3.47. The summed E-state index contributed by atoms with van der Waals surface area (Å²) >= 11 is 0. The number of methoxy groups -OCH3 is 1. The topological polar surface area (TPSA) is 71.7 Å². The lowest BCUT2D eigenvalue weighted by Gasteiger charge is -2.14. The lowest BCUT2D eigenvalue weighted by molar-refractivity contribution is 0.171. The van der Waals surface area contributed by atoms with Crippen molar-refractivity contribution in [2.45, 2.75) is 32.9 Å². The zero-order valence-corrected chi connectivity index (χ0v) is 12.6. The number of benzene rings is 1. The van der Waals surface area contributed by atoms with Crippen molar-refractivity contribution in [2.75, 3.05) is 13.7 Å². The molecule has 0 radical (unpaired) electrons. The molecule has 0 aliphatic heterocycles. The third-order valence-corrected chi connectivity index (χ3v) is 3.47. The summed E-state index contributed by atoms with van der Waals surface area (Å²) in [6.45, 7) is 5.12. The molecule has 1 heterocycles. The minimum Gasteiger partial charge on any atom is -0.508 e. The maximum absolute atomic E-state index is 11.6. The highest BCUT2D eigenvalue weighted by molar-refractivity contribution is 5.82. The fraction of sp³-hybridized carbons (Fsp3) is 0.438. The summed E-state index contributed by atoms with van der Waals surface area (Å²) in [6, 6.07) is 5.06. The number of phenolic OH excluding ortho intramolecular Hbond substituents is 1. The lowest BCUT2D eigenvalue weighted by atomic mass is 10.0. The normalized spacial score (nSPS) is 12.7. The molecule has 0 aliphatic carbocycles. The van der Waals surface area contributed by atoms with E-state index in [1.807, 2.05) is 19.9 Å². The first-order chi connectivity index (χ1) is 10.0. The van der Waals surface area contributed by atoms with Gasteiger partial charge in [-0.25, -0.2) is 4.79 Å². The van der Waals surface area contributed by atoms with E-state index in [2.05, 4.69) is 5.32 Å². The van der Waals surface area contributed by atoms with Gasteiger partial charge in [-0.1, -0.05) is 6.92 Å². The fourth-order valence-corrected chi connectivity index (χ4v) is 2.33. The molecule has 2 N–H and O–H groups in total. The Balaban J connectivity index is 2.39. The molecule has 0 unspecified atom stereocenters. The van der Waals surface area contributed by atoms with E-state index >= 15 is 0 Å². The van der Waals surface area contributed by atoms with E-state index in [0.29, 0.717) is 25.2 Å². The monoisotopic (exact) mass is 291 g/mol. The number of rotatable bonds is 6. The van der Waals surface area contributed by atoms with Crippen molar-refractivity contribution >= 4 is 11.0 Å². The van der Waals surface area contributed by atoms with Crippen LogP contribution >= 0.6 is 0 Å². The van der Waals surface area contributed by atoms with E-state index in [0.717, 1.165) is 16.5 Å². The van der Waals surface area contributed by atoms with Crippen LogP contribution in [0.1, 0.15) is 25.0 Å². The van der Waals surface area contributed by atoms with Gasteiger partial charge in [0.15, 0.2) is 0 Å². The van der Waals surface area contributed by atoms with Gasteiger partial charge in [0.05, 0.1) is 6.61 Å². The van der Waals surface area contributed by atoms with Gasteiger partial charge in [0.2, 0.25) is 0 Å². The van der Waals surface area contributed by atoms with Crippen LogP contribution in [0.3, 0.4) is 0 Å². The number of fused-ring (bicyclic) bond motifs is 1. The molecular formula is C16H21NO4. The molecule has 0 saturated carbocycles. The van der Waals surface area contributed by atoms with Crippen LogP contribution in [0.25, 0.3) is 11.0 Å². The van der Waals surface area contributed by atoms with Gasteiger partial charge < -0.3 is 19.6 Å². The molecule has 0 amide bonds. The number of nitrogens with one attached hydrogen (secondary N) is 1. The van der Waals surface area contributed by atoms with Crippen molar-refractivity contribution < 1.29 is 14.3 Å². The number of hydrogen-bond acceptors (Lipinski definition) is 5. The van der Waals surface area contributed by atoms with Crippen LogP contribution in [0.4, 0.5) is 0 Å². The minimum absolute atomic E-state index is 0.158. The Morgan fingerprint density at radius 3 is 2.76 bits per heavy atom. The number of hydrogen-bond donors (Lipinski definition) is 2. The zero-order chi connectivity index (χ0) is 15.4. The summed E-state index contributed by atoms with van der Waals surface area (Å²) in [5, 5.41) is 14.0. The first-order valence-corrected chi connectivity index (χ1v) is 7.06. The Labute approximate surface area is 123 Å². The van der Waals surface area contributed by atoms with Gasteiger partial charge in [-0.2, -0.15) is 0 Å². The molecule has 2 aromatic rings. The Hall–Kier alpha value is -1.85. The summed E-state index contributed by atoms with van der Waals surface area (Å²) in [7, 11) is 1.65. The highest BCUT2D eigenvalue weighted by Crippen LogP contribution is 2.26. The molecule has 0 saturated heterocycles. The molecule has 1 aromatic carbocycles. The van der Waals surface area contributed by atoms with Crippen molar-refractivity contribution in [3.05, 3.63) is 39.7 Å². The SMILES string of the molecule is CCc1cc2c(CN[C@@H](C)COC)cc(=O)oc2cc1O. The van der Waals surface area contributed by atoms with Gasteiger partial charge in [-0.3, -0.25) is 0 Å². The molecule has 1 atom stereocenters. The quantitative estimate of drug-likeness (QED) is 0.798. The number of aromatic hydroxyl groups is 1. The largest absolute Gasteiger partial charge is 0.508 e. The first kappa shape index (κ1) is 15.5. The van der Waals surface area contributed by atoms with E-state index in [9.17, 15) is 9.90 Å². The summed E-state index contributed by atoms with van der Waals surface area (Å²) in [6.07, 6.45) is 0.716. The van der Waals surface area contributed by atoms with Crippen molar-refractivity contribution in [3.63, 3.8) is 0 Å². The standard InChI is InChI=1S/C16H21NO4/c1-4-11-5-13-12(8-17-10(2)9-20-3)6-16(19)21-15(13)7-14(11)18/h5-7,10,17-18H,4,8-9H2,1-3H3/t10-/m0/s1. The van der Waals surface area contributed by atoms with Crippen LogP contribution in [0.15, 0.2) is 27.4 Å². The Morgan fingerprint density at radius 1 is 1.33 bits per heavy atom. The maximum atomic E-state index is 11.6. The van der Waals surface area contributed by atoms with Gasteiger partial charge in [0.25, 0.3) is 0 Å². The predicted molar refractivity (Wildman–Crippen MR) is 81.7 cm³/mol. The molecule has 0 bridgehead atoms. The zero-order valence-electron chi connectivity index (χ0n) is 12.6. The maximum Gasteiger partial charge on any atom is 0.336 e. The van der Waals surface area contributed by atoms with E-state index in [1.165, 1.54) is 12.1 Å². The van der Waals surface area contributed by atoms with Crippen LogP contribution < -0.4 is 10.9 Å². The molecule has 114 valence electrons. The second-order valence-corrected chi connectivity index (χ2v) is 5.16. The smallest absolute Gasteiger partial charge is 0.336 e. The molecule has 2 rings (SSSR count). The van der Waals surface area contributed by atoms with Gasteiger partial charge >= 0.3 is 5.63 Å². The fourth-order valence-electron chi connectivity index (χ4n) is 2.33. The number of ether oxygens (including phenoxy) is 1. The lowest BCUT2D eigenvalue weighted by Crippen LogP contribution is -2.29. The average molecular weight is 291 g/mol. The molecule has 5 heteroatoms. The van der Waals surface area contributed by atoms with Gasteiger partial charge in [-0.05, 0) is 30.5 Å². The van der Waals surface area contributed by atoms with Crippen molar-refractivity contribution in [3.8, 4) is 5.75 Å². The van der Waals surface area contributed by atoms with Crippen LogP contribution in [-0.2, 0) is 17.7 Å². The van der Waals surface area contributed by atoms with Crippen LogP contribution in [0, 0.1) is 0 Å². The van der Waals surface area contributed by atoms with Crippen molar-refractivity contribution in [1.82, 2.24) is 5.32 Å². The van der Waals surface area contributed by atoms with Crippen LogP contribution in [0.2, 0.25) is 0 Å². The highest BCUT2D eigenvalue weighted by Gasteiger charge is 2.10. The Kier molecular flexibility index (Phi) is 4.98. The predicted octanol–water partition coefficient (Wildman–Crippen LogP) is 2.19. The summed E-state index contributed by atoms with van der Waals surface area (Å²) in [5.41, 5.74) is 1.69. The third kappa shape index (κ3) is 3.62. The Morgan fingerprint density at radius 2 is 2.10 bits per heavy atom. The van der Waals surface area contributed by atoms with E-state index < -0.39 is 5.63 Å². The van der Waals surface area contributed by atoms with Crippen molar-refractivity contribution in [1.29, 1.82) is 0 Å². The summed E-state index contributed by atoms with van der Waals surface area (Å²) in [4.78, 5) is 11.6. The number of phenols is 1. The van der Waals surface area contributed by atoms with Gasteiger partial charge in [-0.15, -0.1) is 0 Å². The van der Waals surface area contributed by atoms with Crippen molar-refractivity contribution in [2.24, 2.45) is 0 Å². The number of aryl methyl sites for hydroxylation is 1. The van der Waals surface area contributed by atoms with Crippen LogP contribution in [0.5, 0.6) is 5.75 Å². The Bertz CT molecular complexity index is 678.